The van der Waals surface area contributed by atoms with Gasteiger partial charge < -0.3 is 5.11 Å². The maximum absolute atomic E-state index is 11.3. The highest BCUT2D eigenvalue weighted by Crippen LogP contribution is 2.33. The van der Waals surface area contributed by atoms with Crippen LogP contribution in [0.3, 0.4) is 0 Å². The molecule has 0 bridgehead atoms. The van der Waals surface area contributed by atoms with E-state index in [9.17, 15) is 20.0 Å². The zero-order valence-electron chi connectivity index (χ0n) is 10.8. The van der Waals surface area contributed by atoms with Gasteiger partial charge in [0, 0.05) is 29.3 Å². The largest absolute Gasteiger partial charge is 0.464 e. The highest BCUT2D eigenvalue weighted by atomic mass is 16.6. The Labute approximate surface area is 119 Å². The molecule has 0 atom stereocenters. The molecule has 0 aliphatic heterocycles. The van der Waals surface area contributed by atoms with Crippen molar-refractivity contribution >= 4 is 22.7 Å². The second-order valence-electron chi connectivity index (χ2n) is 4.52. The van der Waals surface area contributed by atoms with Gasteiger partial charge in [-0.1, -0.05) is 30.3 Å². The molecule has 6 nitrogen and oxygen atoms in total. The molecule has 0 saturated heterocycles. The predicted molar refractivity (Wildman–Crippen MR) is 77.5 cm³/mol. The lowest BCUT2D eigenvalue weighted by atomic mass is 10.0. The van der Waals surface area contributed by atoms with Crippen LogP contribution >= 0.6 is 0 Å². The number of nitro benzene ring substituents is 1. The van der Waals surface area contributed by atoms with Crippen molar-refractivity contribution in [2.45, 2.75) is 0 Å². The summed E-state index contributed by atoms with van der Waals surface area (Å²) in [4.78, 5) is 21.9. The Kier molecular flexibility index (Phi) is 2.91. The molecule has 0 amide bonds. The lowest BCUT2D eigenvalue weighted by Gasteiger charge is -2.07. The van der Waals surface area contributed by atoms with Crippen LogP contribution in [0.25, 0.3) is 22.0 Å². The zero-order chi connectivity index (χ0) is 15.0. The van der Waals surface area contributed by atoms with Crippen LogP contribution in [0.2, 0.25) is 0 Å². The second-order valence-corrected chi connectivity index (χ2v) is 4.52. The minimum absolute atomic E-state index is 0.0653. The van der Waals surface area contributed by atoms with E-state index in [1.54, 1.807) is 30.3 Å². The van der Waals surface area contributed by atoms with Crippen LogP contribution < -0.4 is 0 Å². The number of fused-ring (bicyclic) bond motifs is 1. The Morgan fingerprint density at radius 2 is 1.86 bits per heavy atom. The number of nitro groups is 1. The van der Waals surface area contributed by atoms with Crippen molar-refractivity contribution in [3.05, 3.63) is 64.8 Å². The molecule has 0 aliphatic rings. The molecule has 0 spiro atoms. The first kappa shape index (κ1) is 12.9. The summed E-state index contributed by atoms with van der Waals surface area (Å²) in [5.41, 5.74) is 1.63. The van der Waals surface area contributed by atoms with Gasteiger partial charge >= 0.3 is 6.09 Å². The SMILES string of the molecule is O=C(O)n1ccc2cc([N+](=O)[O-])cc(-c3ccccc3)c21. The van der Waals surface area contributed by atoms with E-state index in [1.807, 2.05) is 6.07 Å². The molecule has 104 valence electrons. The van der Waals surface area contributed by atoms with Crippen LogP contribution in [0.15, 0.2) is 54.7 Å². The first-order valence-corrected chi connectivity index (χ1v) is 6.16. The van der Waals surface area contributed by atoms with E-state index < -0.39 is 11.0 Å². The van der Waals surface area contributed by atoms with Crippen molar-refractivity contribution in [1.29, 1.82) is 0 Å². The van der Waals surface area contributed by atoms with Crippen LogP contribution in [-0.2, 0) is 0 Å². The van der Waals surface area contributed by atoms with E-state index in [-0.39, 0.29) is 5.69 Å². The number of carbonyl (C=O) groups is 1. The van der Waals surface area contributed by atoms with Gasteiger partial charge in [0.1, 0.15) is 0 Å². The molecule has 1 aromatic heterocycles. The summed E-state index contributed by atoms with van der Waals surface area (Å²) in [7, 11) is 0. The molecule has 1 N–H and O–H groups in total. The van der Waals surface area contributed by atoms with Crippen LogP contribution in [-0.4, -0.2) is 20.7 Å². The highest BCUT2D eigenvalue weighted by molar-refractivity contribution is 6.00. The molecule has 0 fully saturated rings. The van der Waals surface area contributed by atoms with Gasteiger partial charge in [-0.25, -0.2) is 4.79 Å². The van der Waals surface area contributed by atoms with E-state index in [2.05, 4.69) is 0 Å². The molecule has 0 radical (unpaired) electrons. The van der Waals surface area contributed by atoms with Crippen molar-refractivity contribution in [2.75, 3.05) is 0 Å². The van der Waals surface area contributed by atoms with Crippen molar-refractivity contribution in [3.63, 3.8) is 0 Å². The Bertz CT molecular complexity index is 853. The van der Waals surface area contributed by atoms with Gasteiger partial charge in [0.25, 0.3) is 5.69 Å². The highest BCUT2D eigenvalue weighted by Gasteiger charge is 2.17. The van der Waals surface area contributed by atoms with Gasteiger partial charge in [0.2, 0.25) is 0 Å². The number of aromatic nitrogens is 1. The number of hydrogen-bond donors (Lipinski definition) is 1. The average molecular weight is 282 g/mol. The van der Waals surface area contributed by atoms with Gasteiger partial charge in [-0.05, 0) is 11.6 Å². The monoisotopic (exact) mass is 282 g/mol. The summed E-state index contributed by atoms with van der Waals surface area (Å²) >= 11 is 0. The number of nitrogens with zero attached hydrogens (tertiary/aromatic N) is 2. The van der Waals surface area contributed by atoms with Crippen molar-refractivity contribution in [3.8, 4) is 11.1 Å². The minimum atomic E-state index is -1.13. The van der Waals surface area contributed by atoms with Crippen LogP contribution in [0.1, 0.15) is 0 Å². The molecule has 0 saturated carbocycles. The van der Waals surface area contributed by atoms with Gasteiger partial charge in [0.15, 0.2) is 0 Å². The summed E-state index contributed by atoms with van der Waals surface area (Å²) in [5.74, 6) is 0. The number of non-ortho nitro benzene ring substituents is 1. The third-order valence-electron chi connectivity index (χ3n) is 3.27. The fourth-order valence-electron chi connectivity index (χ4n) is 2.37. The molecule has 21 heavy (non-hydrogen) atoms. The van der Waals surface area contributed by atoms with Crippen LogP contribution in [0.4, 0.5) is 10.5 Å². The molecule has 1 heterocycles. The molecule has 0 unspecified atom stereocenters. The minimum Gasteiger partial charge on any atom is -0.464 e. The number of benzene rings is 2. The number of carboxylic acid groups (broad SMARTS) is 1. The summed E-state index contributed by atoms with van der Waals surface area (Å²) in [5, 5.41) is 20.8. The third kappa shape index (κ3) is 2.12. The summed E-state index contributed by atoms with van der Waals surface area (Å²) < 4.78 is 1.07. The maximum atomic E-state index is 11.3. The molecule has 3 rings (SSSR count). The normalized spacial score (nSPS) is 10.7. The molecular formula is C15H10N2O4. The lowest BCUT2D eigenvalue weighted by molar-refractivity contribution is -0.384. The molecular weight excluding hydrogens is 272 g/mol. The summed E-state index contributed by atoms with van der Waals surface area (Å²) in [6.45, 7) is 0. The fraction of sp³-hybridized carbons (Fsp3) is 0. The van der Waals surface area contributed by atoms with E-state index in [1.165, 1.54) is 18.3 Å². The van der Waals surface area contributed by atoms with Gasteiger partial charge in [-0.15, -0.1) is 0 Å². The van der Waals surface area contributed by atoms with Crippen molar-refractivity contribution in [2.24, 2.45) is 0 Å². The Morgan fingerprint density at radius 3 is 2.48 bits per heavy atom. The Hall–Kier alpha value is -3.15. The van der Waals surface area contributed by atoms with Crippen LogP contribution in [0.5, 0.6) is 0 Å². The second kappa shape index (κ2) is 4.75. The molecule has 6 heteroatoms. The van der Waals surface area contributed by atoms with Gasteiger partial charge in [-0.2, -0.15) is 0 Å². The van der Waals surface area contributed by atoms with Crippen molar-refractivity contribution < 1.29 is 14.8 Å². The van der Waals surface area contributed by atoms with E-state index in [4.69, 9.17) is 0 Å². The smallest absolute Gasteiger partial charge is 0.416 e. The van der Waals surface area contributed by atoms with E-state index >= 15 is 0 Å². The lowest BCUT2D eigenvalue weighted by Crippen LogP contribution is -2.06. The molecule has 3 aromatic rings. The summed E-state index contributed by atoms with van der Waals surface area (Å²) in [6, 6.07) is 13.3. The first-order chi connectivity index (χ1) is 10.1. The summed E-state index contributed by atoms with van der Waals surface area (Å²) in [6.07, 6.45) is 0.263. The Balaban J connectivity index is 2.40. The van der Waals surface area contributed by atoms with E-state index in [0.29, 0.717) is 16.5 Å². The predicted octanol–water partition coefficient (Wildman–Crippen LogP) is 3.74. The van der Waals surface area contributed by atoms with E-state index in [0.717, 1.165) is 10.1 Å². The Morgan fingerprint density at radius 1 is 1.14 bits per heavy atom. The fourth-order valence-corrected chi connectivity index (χ4v) is 2.37. The molecule has 2 aromatic carbocycles. The zero-order valence-corrected chi connectivity index (χ0v) is 10.8. The van der Waals surface area contributed by atoms with Gasteiger partial charge in [0.05, 0.1) is 10.4 Å². The quantitative estimate of drug-likeness (QED) is 0.573. The van der Waals surface area contributed by atoms with Gasteiger partial charge in [-0.3, -0.25) is 14.7 Å². The maximum Gasteiger partial charge on any atom is 0.416 e. The average Bonchev–Trinajstić information content (AvgIpc) is 2.91. The number of hydrogen-bond acceptors (Lipinski definition) is 3. The standard InChI is InChI=1S/C15H10N2O4/c18-15(19)16-7-6-11-8-12(17(20)21)9-13(14(11)16)10-4-2-1-3-5-10/h1-9H,(H,18,19). The van der Waals surface area contributed by atoms with Crippen molar-refractivity contribution in [1.82, 2.24) is 4.57 Å². The number of rotatable bonds is 2. The first-order valence-electron chi connectivity index (χ1n) is 6.16. The molecule has 0 aliphatic carbocycles. The van der Waals surface area contributed by atoms with Crippen LogP contribution in [0, 0.1) is 10.1 Å². The topological polar surface area (TPSA) is 85.4 Å². The third-order valence-corrected chi connectivity index (χ3v) is 3.27.